The summed E-state index contributed by atoms with van der Waals surface area (Å²) in [6.07, 6.45) is 0.935. The van der Waals surface area contributed by atoms with Gasteiger partial charge in [0.25, 0.3) is 0 Å². The van der Waals surface area contributed by atoms with Crippen LogP contribution in [0.3, 0.4) is 0 Å². The summed E-state index contributed by atoms with van der Waals surface area (Å²) in [5, 5.41) is 4.72. The second-order valence-electron chi connectivity index (χ2n) is 7.10. The Bertz CT molecular complexity index is 868. The monoisotopic (exact) mass is 366 g/mol. The highest BCUT2D eigenvalue weighted by atomic mass is 16.2. The minimum atomic E-state index is -0.326. The Kier molecular flexibility index (Phi) is 7.17. The highest BCUT2D eigenvalue weighted by Crippen LogP contribution is 2.33. The first-order valence-corrected chi connectivity index (χ1v) is 9.80. The normalized spacial score (nSPS) is 16.4. The van der Waals surface area contributed by atoms with Gasteiger partial charge in [-0.2, -0.15) is 0 Å². The number of carbonyl (C=O) groups is 2. The SMILES string of the molecule is CC.CC(C)C.O=C1CCC(n2c3ccccc3c3ccccc32)C(=O)N1. The van der Waals surface area contributed by atoms with E-state index in [9.17, 15) is 9.59 Å². The van der Waals surface area contributed by atoms with Gasteiger partial charge in [-0.1, -0.05) is 71.0 Å². The molecule has 2 heterocycles. The molecule has 1 aromatic heterocycles. The summed E-state index contributed by atoms with van der Waals surface area (Å²) >= 11 is 0. The van der Waals surface area contributed by atoms with Crippen LogP contribution in [-0.2, 0) is 9.59 Å². The Balaban J connectivity index is 0.000000389. The number of nitrogens with one attached hydrogen (secondary N) is 1. The highest BCUT2D eigenvalue weighted by molar-refractivity contribution is 6.10. The van der Waals surface area contributed by atoms with Crippen molar-refractivity contribution >= 4 is 33.6 Å². The third-order valence-corrected chi connectivity index (χ3v) is 4.14. The lowest BCUT2D eigenvalue weighted by Crippen LogP contribution is -2.41. The topological polar surface area (TPSA) is 51.1 Å². The average Bonchev–Trinajstić information content (AvgIpc) is 2.98. The number of amides is 2. The van der Waals surface area contributed by atoms with Gasteiger partial charge in [0.2, 0.25) is 11.8 Å². The Morgan fingerprint density at radius 3 is 1.78 bits per heavy atom. The number of carbonyl (C=O) groups excluding carboxylic acids is 2. The van der Waals surface area contributed by atoms with Gasteiger partial charge in [-0.25, -0.2) is 0 Å². The number of imide groups is 1. The third-order valence-electron chi connectivity index (χ3n) is 4.14. The fourth-order valence-electron chi connectivity index (χ4n) is 3.22. The van der Waals surface area contributed by atoms with Crippen LogP contribution in [0, 0.1) is 5.92 Å². The molecule has 3 aromatic rings. The van der Waals surface area contributed by atoms with Gasteiger partial charge in [-0.05, 0) is 24.5 Å². The molecular formula is C23H30N2O2. The zero-order chi connectivity index (χ0) is 20.0. The minimum Gasteiger partial charge on any atom is -0.328 e. The molecule has 1 atom stereocenters. The first-order chi connectivity index (χ1) is 13.0. The number of fused-ring (bicyclic) bond motifs is 3. The number of hydrogen-bond donors (Lipinski definition) is 1. The number of rotatable bonds is 1. The fourth-order valence-corrected chi connectivity index (χ4v) is 3.22. The molecule has 144 valence electrons. The fraction of sp³-hybridized carbons (Fsp3) is 0.391. The molecule has 27 heavy (non-hydrogen) atoms. The Morgan fingerprint density at radius 1 is 0.889 bits per heavy atom. The van der Waals surface area contributed by atoms with Crippen LogP contribution < -0.4 is 5.32 Å². The number of benzene rings is 2. The van der Waals surface area contributed by atoms with Crippen molar-refractivity contribution in [2.45, 2.75) is 53.5 Å². The second-order valence-corrected chi connectivity index (χ2v) is 7.10. The molecule has 4 nitrogen and oxygen atoms in total. The van der Waals surface area contributed by atoms with Crippen LogP contribution in [-0.4, -0.2) is 16.4 Å². The lowest BCUT2D eigenvalue weighted by atomic mass is 10.1. The molecule has 1 saturated heterocycles. The molecule has 0 radical (unpaired) electrons. The van der Waals surface area contributed by atoms with E-state index < -0.39 is 0 Å². The zero-order valence-electron chi connectivity index (χ0n) is 17.0. The molecule has 0 aliphatic carbocycles. The van der Waals surface area contributed by atoms with Crippen molar-refractivity contribution in [2.24, 2.45) is 5.92 Å². The molecule has 1 unspecified atom stereocenters. The molecule has 1 N–H and O–H groups in total. The van der Waals surface area contributed by atoms with Crippen molar-refractivity contribution in [2.75, 3.05) is 0 Å². The van der Waals surface area contributed by atoms with Crippen LogP contribution in [0.5, 0.6) is 0 Å². The molecule has 0 bridgehead atoms. The molecule has 2 aromatic carbocycles. The van der Waals surface area contributed by atoms with Crippen LogP contribution in [0.15, 0.2) is 48.5 Å². The van der Waals surface area contributed by atoms with Crippen molar-refractivity contribution < 1.29 is 9.59 Å². The summed E-state index contributed by atoms with van der Waals surface area (Å²) in [5.74, 6) is 0.440. The summed E-state index contributed by atoms with van der Waals surface area (Å²) in [5.41, 5.74) is 2.07. The summed E-state index contributed by atoms with van der Waals surface area (Å²) in [7, 11) is 0. The van der Waals surface area contributed by atoms with Gasteiger partial charge < -0.3 is 4.57 Å². The van der Waals surface area contributed by atoms with Crippen LogP contribution in [0.4, 0.5) is 0 Å². The van der Waals surface area contributed by atoms with Gasteiger partial charge >= 0.3 is 0 Å². The van der Waals surface area contributed by atoms with Crippen molar-refractivity contribution in [1.29, 1.82) is 0 Å². The Labute approximate surface area is 161 Å². The first kappa shape index (κ1) is 20.7. The Morgan fingerprint density at radius 2 is 1.33 bits per heavy atom. The van der Waals surface area contributed by atoms with Crippen molar-refractivity contribution in [3.8, 4) is 0 Å². The van der Waals surface area contributed by atoms with Crippen LogP contribution in [0.1, 0.15) is 53.5 Å². The van der Waals surface area contributed by atoms with E-state index in [1.807, 2.05) is 50.2 Å². The van der Waals surface area contributed by atoms with E-state index in [0.29, 0.717) is 12.8 Å². The molecule has 1 aliphatic rings. The summed E-state index contributed by atoms with van der Waals surface area (Å²) < 4.78 is 2.06. The van der Waals surface area contributed by atoms with E-state index in [0.717, 1.165) is 27.7 Å². The predicted octanol–water partition coefficient (Wildman–Crippen LogP) is 5.46. The van der Waals surface area contributed by atoms with E-state index in [-0.39, 0.29) is 17.9 Å². The van der Waals surface area contributed by atoms with Gasteiger partial charge in [-0.15, -0.1) is 0 Å². The number of hydrogen-bond acceptors (Lipinski definition) is 2. The Hall–Kier alpha value is -2.62. The van der Waals surface area contributed by atoms with E-state index in [1.165, 1.54) is 0 Å². The van der Waals surface area contributed by atoms with E-state index in [4.69, 9.17) is 0 Å². The largest absolute Gasteiger partial charge is 0.328 e. The summed E-state index contributed by atoms with van der Waals surface area (Å²) in [6.45, 7) is 10.5. The highest BCUT2D eigenvalue weighted by Gasteiger charge is 2.30. The van der Waals surface area contributed by atoms with E-state index in [2.05, 4.69) is 42.8 Å². The zero-order valence-corrected chi connectivity index (χ0v) is 17.0. The van der Waals surface area contributed by atoms with E-state index in [1.54, 1.807) is 0 Å². The van der Waals surface area contributed by atoms with Gasteiger partial charge in [0.15, 0.2) is 0 Å². The molecule has 1 fully saturated rings. The number of nitrogens with zero attached hydrogens (tertiary/aromatic N) is 1. The number of aromatic nitrogens is 1. The molecular weight excluding hydrogens is 336 g/mol. The maximum atomic E-state index is 12.2. The molecule has 1 aliphatic heterocycles. The lowest BCUT2D eigenvalue weighted by molar-refractivity contribution is -0.135. The number of para-hydroxylation sites is 2. The molecule has 4 heteroatoms. The lowest BCUT2D eigenvalue weighted by Gasteiger charge is -2.24. The van der Waals surface area contributed by atoms with Gasteiger partial charge in [0, 0.05) is 28.2 Å². The van der Waals surface area contributed by atoms with Gasteiger partial charge in [-0.3, -0.25) is 14.9 Å². The van der Waals surface area contributed by atoms with Crippen molar-refractivity contribution in [1.82, 2.24) is 9.88 Å². The molecule has 2 amide bonds. The van der Waals surface area contributed by atoms with Crippen LogP contribution >= 0.6 is 0 Å². The van der Waals surface area contributed by atoms with Crippen molar-refractivity contribution in [3.05, 3.63) is 48.5 Å². The quantitative estimate of drug-likeness (QED) is 0.581. The standard InChI is InChI=1S/C17H14N2O2.C4H10.C2H6/c20-16-10-9-15(17(21)18-16)19-13-7-3-1-5-11(13)12-6-2-4-8-14(12)19;1-4(2)3;1-2/h1-8,15H,9-10H2,(H,18,20,21);4H,1-3H3;1-2H3. The predicted molar refractivity (Wildman–Crippen MR) is 113 cm³/mol. The number of piperidine rings is 1. The third kappa shape index (κ3) is 4.57. The molecule has 0 saturated carbocycles. The maximum Gasteiger partial charge on any atom is 0.249 e. The van der Waals surface area contributed by atoms with Crippen LogP contribution in [0.2, 0.25) is 0 Å². The molecule has 0 spiro atoms. The van der Waals surface area contributed by atoms with Gasteiger partial charge in [0.05, 0.1) is 0 Å². The smallest absolute Gasteiger partial charge is 0.249 e. The van der Waals surface area contributed by atoms with Gasteiger partial charge in [0.1, 0.15) is 6.04 Å². The minimum absolute atomic E-state index is 0.183. The average molecular weight is 367 g/mol. The maximum absolute atomic E-state index is 12.2. The van der Waals surface area contributed by atoms with Crippen molar-refractivity contribution in [3.63, 3.8) is 0 Å². The summed E-state index contributed by atoms with van der Waals surface area (Å²) in [6, 6.07) is 15.8. The van der Waals surface area contributed by atoms with E-state index >= 15 is 0 Å². The summed E-state index contributed by atoms with van der Waals surface area (Å²) in [4.78, 5) is 23.6. The first-order valence-electron chi connectivity index (χ1n) is 9.80. The van der Waals surface area contributed by atoms with Crippen LogP contribution in [0.25, 0.3) is 21.8 Å². The second kappa shape index (κ2) is 9.36. The molecule has 4 rings (SSSR count).